The summed E-state index contributed by atoms with van der Waals surface area (Å²) >= 11 is 0. The third-order valence-electron chi connectivity index (χ3n) is 4.78. The molecule has 1 atom stereocenters. The van der Waals surface area contributed by atoms with Gasteiger partial charge in [-0.3, -0.25) is 4.90 Å². The van der Waals surface area contributed by atoms with Gasteiger partial charge < -0.3 is 15.7 Å². The maximum Gasteiger partial charge on any atom is 0.315 e. The van der Waals surface area contributed by atoms with E-state index in [2.05, 4.69) is 39.8 Å². The van der Waals surface area contributed by atoms with E-state index in [1.54, 1.807) is 0 Å². The maximum atomic E-state index is 11.9. The lowest BCUT2D eigenvalue weighted by molar-refractivity contribution is 0.233. The third-order valence-corrected chi connectivity index (χ3v) is 4.78. The van der Waals surface area contributed by atoms with E-state index in [4.69, 9.17) is 5.11 Å². The van der Waals surface area contributed by atoms with Crippen molar-refractivity contribution in [2.24, 2.45) is 5.92 Å². The highest BCUT2D eigenvalue weighted by Gasteiger charge is 2.10. The average Bonchev–Trinajstić information content (AvgIpc) is 2.87. The summed E-state index contributed by atoms with van der Waals surface area (Å²) in [7, 11) is 0. The molecule has 2 amide bonds. The molecule has 0 radical (unpaired) electrons. The number of nitrogens with one attached hydrogen (secondary N) is 2. The van der Waals surface area contributed by atoms with E-state index >= 15 is 0 Å². The maximum absolute atomic E-state index is 11.9. The van der Waals surface area contributed by atoms with E-state index in [0.29, 0.717) is 19.5 Å². The van der Waals surface area contributed by atoms with Crippen molar-refractivity contribution < 1.29 is 9.90 Å². The van der Waals surface area contributed by atoms with Crippen LogP contribution in [-0.2, 0) is 13.1 Å². The Morgan fingerprint density at radius 1 is 1.16 bits per heavy atom. The molecule has 1 aliphatic rings. The number of hydrogen-bond donors (Lipinski definition) is 3. The van der Waals surface area contributed by atoms with Gasteiger partial charge in [-0.25, -0.2) is 4.79 Å². The van der Waals surface area contributed by atoms with Gasteiger partial charge in [0.1, 0.15) is 0 Å². The van der Waals surface area contributed by atoms with Crippen molar-refractivity contribution in [3.05, 3.63) is 35.4 Å². The fraction of sp³-hybridized carbons (Fsp3) is 0.650. The Morgan fingerprint density at radius 2 is 1.88 bits per heavy atom. The van der Waals surface area contributed by atoms with Crippen LogP contribution in [0.1, 0.15) is 50.2 Å². The Kier molecular flexibility index (Phi) is 8.77. The summed E-state index contributed by atoms with van der Waals surface area (Å²) in [5.41, 5.74) is 2.45. The predicted molar refractivity (Wildman–Crippen MR) is 101 cm³/mol. The van der Waals surface area contributed by atoms with Gasteiger partial charge >= 0.3 is 6.03 Å². The van der Waals surface area contributed by atoms with Crippen LogP contribution in [0.2, 0.25) is 0 Å². The summed E-state index contributed by atoms with van der Waals surface area (Å²) in [6, 6.07) is 8.35. The minimum atomic E-state index is -0.150. The molecule has 0 aromatic heterocycles. The van der Waals surface area contributed by atoms with Crippen molar-refractivity contribution in [1.82, 2.24) is 15.5 Å². The van der Waals surface area contributed by atoms with Gasteiger partial charge in [0.05, 0.1) is 0 Å². The van der Waals surface area contributed by atoms with Gasteiger partial charge in [-0.15, -0.1) is 0 Å². The quantitative estimate of drug-likeness (QED) is 0.677. The van der Waals surface area contributed by atoms with Gasteiger partial charge in [-0.2, -0.15) is 0 Å². The first-order chi connectivity index (χ1) is 12.2. The van der Waals surface area contributed by atoms with Crippen molar-refractivity contribution in [1.29, 1.82) is 0 Å². The highest BCUT2D eigenvalue weighted by atomic mass is 16.3. The Balaban J connectivity index is 1.75. The van der Waals surface area contributed by atoms with Crippen LogP contribution in [0.4, 0.5) is 4.79 Å². The molecule has 25 heavy (non-hydrogen) atoms. The van der Waals surface area contributed by atoms with Crippen molar-refractivity contribution >= 4 is 6.03 Å². The van der Waals surface area contributed by atoms with Crippen LogP contribution >= 0.6 is 0 Å². The second-order valence-electron chi connectivity index (χ2n) is 7.19. The van der Waals surface area contributed by atoms with Crippen molar-refractivity contribution in [3.63, 3.8) is 0 Å². The van der Waals surface area contributed by atoms with Gasteiger partial charge in [-0.05, 0) is 49.4 Å². The summed E-state index contributed by atoms with van der Waals surface area (Å²) < 4.78 is 0. The molecule has 2 rings (SSSR count). The molecule has 0 spiro atoms. The number of amides is 2. The Labute approximate surface area is 151 Å². The largest absolute Gasteiger partial charge is 0.396 e. The van der Waals surface area contributed by atoms with Gasteiger partial charge in [0.2, 0.25) is 0 Å². The molecule has 1 aromatic carbocycles. The number of carbonyl (C=O) groups excluding carboxylic acids is 1. The van der Waals surface area contributed by atoms with Gasteiger partial charge in [0.25, 0.3) is 0 Å². The van der Waals surface area contributed by atoms with Crippen LogP contribution in [-0.4, -0.2) is 42.3 Å². The average molecular weight is 348 g/mol. The topological polar surface area (TPSA) is 64.6 Å². The number of likely N-dealkylation sites (tertiary alicyclic amines) is 1. The number of urea groups is 1. The van der Waals surface area contributed by atoms with Crippen LogP contribution in [0.25, 0.3) is 0 Å². The van der Waals surface area contributed by atoms with Crippen LogP contribution in [0.5, 0.6) is 0 Å². The van der Waals surface area contributed by atoms with Crippen LogP contribution in [0.15, 0.2) is 24.3 Å². The summed E-state index contributed by atoms with van der Waals surface area (Å²) in [5, 5.41) is 14.6. The molecular formula is C20H33N3O2. The van der Waals surface area contributed by atoms with E-state index < -0.39 is 0 Å². The lowest BCUT2D eigenvalue weighted by Crippen LogP contribution is -2.37. The van der Waals surface area contributed by atoms with Crippen LogP contribution in [0, 0.1) is 5.92 Å². The van der Waals surface area contributed by atoms with Crippen molar-refractivity contribution in [2.75, 3.05) is 26.2 Å². The Hall–Kier alpha value is -1.59. The highest BCUT2D eigenvalue weighted by molar-refractivity contribution is 5.73. The zero-order chi connectivity index (χ0) is 17.9. The number of carbonyl (C=O) groups is 1. The second-order valence-corrected chi connectivity index (χ2v) is 7.19. The van der Waals surface area contributed by atoms with E-state index in [0.717, 1.165) is 12.1 Å². The highest BCUT2D eigenvalue weighted by Crippen LogP contribution is 2.14. The minimum absolute atomic E-state index is 0.150. The second kappa shape index (κ2) is 11.1. The molecule has 1 heterocycles. The molecule has 5 heteroatoms. The Bertz CT molecular complexity index is 513. The summed E-state index contributed by atoms with van der Waals surface area (Å²) in [5.74, 6) is 0.285. The molecule has 0 saturated carbocycles. The van der Waals surface area contributed by atoms with Gasteiger partial charge in [0, 0.05) is 26.2 Å². The van der Waals surface area contributed by atoms with Crippen LogP contribution < -0.4 is 10.6 Å². The molecule has 3 N–H and O–H groups in total. The molecule has 1 unspecified atom stereocenters. The van der Waals surface area contributed by atoms with Crippen molar-refractivity contribution in [3.8, 4) is 0 Å². The number of rotatable bonds is 8. The first-order valence-electron chi connectivity index (χ1n) is 9.60. The SMILES string of the molecule is CC(CCO)CNC(=O)NCc1cccc(CN2CCCCCC2)c1. The van der Waals surface area contributed by atoms with Gasteiger partial charge in [0.15, 0.2) is 0 Å². The van der Waals surface area contributed by atoms with E-state index in [1.165, 1.54) is 44.3 Å². The summed E-state index contributed by atoms with van der Waals surface area (Å²) in [6.45, 7) is 6.68. The minimum Gasteiger partial charge on any atom is -0.396 e. The fourth-order valence-electron chi connectivity index (χ4n) is 3.22. The fourth-order valence-corrected chi connectivity index (χ4v) is 3.22. The number of benzene rings is 1. The molecular weight excluding hydrogens is 314 g/mol. The van der Waals surface area contributed by atoms with E-state index in [9.17, 15) is 4.79 Å². The number of nitrogens with zero attached hydrogens (tertiary/aromatic N) is 1. The molecule has 1 fully saturated rings. The standard InChI is InChI=1S/C20H33N3O2/c1-17(9-12-24)14-21-20(25)22-15-18-7-6-8-19(13-18)16-23-10-4-2-3-5-11-23/h6-8,13,17,24H,2-5,9-12,14-16H2,1H3,(H2,21,22,25). The monoisotopic (exact) mass is 347 g/mol. The predicted octanol–water partition coefficient (Wildman–Crippen LogP) is 2.88. The van der Waals surface area contributed by atoms with E-state index in [1.807, 2.05) is 6.92 Å². The van der Waals surface area contributed by atoms with E-state index in [-0.39, 0.29) is 18.6 Å². The zero-order valence-electron chi connectivity index (χ0n) is 15.5. The number of aliphatic hydroxyl groups excluding tert-OH is 1. The summed E-state index contributed by atoms with van der Waals surface area (Å²) in [6.07, 6.45) is 6.02. The molecule has 1 saturated heterocycles. The van der Waals surface area contributed by atoms with Crippen molar-refractivity contribution in [2.45, 2.75) is 52.1 Å². The smallest absolute Gasteiger partial charge is 0.315 e. The molecule has 1 aliphatic heterocycles. The lowest BCUT2D eigenvalue weighted by Gasteiger charge is -2.20. The Morgan fingerprint density at radius 3 is 2.60 bits per heavy atom. The van der Waals surface area contributed by atoms with Gasteiger partial charge in [-0.1, -0.05) is 44.0 Å². The first kappa shape index (κ1) is 19.7. The number of hydrogen-bond acceptors (Lipinski definition) is 3. The van der Waals surface area contributed by atoms with Crippen LogP contribution in [0.3, 0.4) is 0 Å². The zero-order valence-corrected chi connectivity index (χ0v) is 15.5. The molecule has 0 aliphatic carbocycles. The lowest BCUT2D eigenvalue weighted by atomic mass is 10.1. The third kappa shape index (κ3) is 7.88. The molecule has 1 aromatic rings. The molecule has 140 valence electrons. The molecule has 0 bridgehead atoms. The normalized spacial score (nSPS) is 16.9. The number of aliphatic hydroxyl groups is 1. The molecule has 5 nitrogen and oxygen atoms in total. The first-order valence-corrected chi connectivity index (χ1v) is 9.60. The summed E-state index contributed by atoms with van der Waals surface area (Å²) in [4.78, 5) is 14.4.